The Morgan fingerprint density at radius 1 is 1.18 bits per heavy atom. The van der Waals surface area contributed by atoms with Crippen LogP contribution in [0.2, 0.25) is 0 Å². The van der Waals surface area contributed by atoms with Gasteiger partial charge in [-0.3, -0.25) is 9.47 Å². The number of aryl methyl sites for hydroxylation is 2. The minimum atomic E-state index is -0.546. The van der Waals surface area contributed by atoms with Gasteiger partial charge in [-0.1, -0.05) is 0 Å². The summed E-state index contributed by atoms with van der Waals surface area (Å²) >= 11 is 0. The molecule has 3 aromatic rings. The molecule has 0 aromatic carbocycles. The molecule has 202 valence electrons. The number of halogens is 1. The van der Waals surface area contributed by atoms with E-state index in [0.717, 1.165) is 0 Å². The van der Waals surface area contributed by atoms with Gasteiger partial charge in [0.15, 0.2) is 11.6 Å². The monoisotopic (exact) mass is 524 g/mol. The molecule has 1 unspecified atom stereocenters. The molecule has 1 saturated heterocycles. The van der Waals surface area contributed by atoms with Gasteiger partial charge in [0.1, 0.15) is 35.0 Å². The van der Waals surface area contributed by atoms with Gasteiger partial charge in [0.2, 0.25) is 0 Å². The van der Waals surface area contributed by atoms with Crippen LogP contribution in [0.5, 0.6) is 11.6 Å². The van der Waals surface area contributed by atoms with Gasteiger partial charge in [-0.05, 0) is 34.6 Å². The van der Waals surface area contributed by atoms with E-state index in [-0.39, 0.29) is 30.2 Å². The molecule has 2 aliphatic rings. The third-order valence-corrected chi connectivity index (χ3v) is 7.50. The smallest absolute Gasteiger partial charge is 0.350 e. The fourth-order valence-corrected chi connectivity index (χ4v) is 5.43. The van der Waals surface area contributed by atoms with Gasteiger partial charge in [0.05, 0.1) is 24.2 Å². The van der Waals surface area contributed by atoms with Gasteiger partial charge in [0.25, 0.3) is 5.88 Å². The van der Waals surface area contributed by atoms with Crippen molar-refractivity contribution in [2.24, 2.45) is 14.1 Å². The van der Waals surface area contributed by atoms with E-state index in [1.807, 2.05) is 27.7 Å². The summed E-state index contributed by atoms with van der Waals surface area (Å²) in [5.74, 6) is 1.26. The minimum absolute atomic E-state index is 0.0183. The molecule has 38 heavy (non-hydrogen) atoms. The van der Waals surface area contributed by atoms with Crippen molar-refractivity contribution in [3.8, 4) is 17.7 Å². The summed E-state index contributed by atoms with van der Waals surface area (Å²) in [6, 6.07) is 3.08. The number of piperazine rings is 1. The number of aromatic nitrogens is 5. The van der Waals surface area contributed by atoms with Gasteiger partial charge >= 0.3 is 5.69 Å². The van der Waals surface area contributed by atoms with E-state index in [1.165, 1.54) is 10.6 Å². The first-order valence-corrected chi connectivity index (χ1v) is 12.8. The summed E-state index contributed by atoms with van der Waals surface area (Å²) < 4.78 is 30.1. The predicted molar refractivity (Wildman–Crippen MR) is 139 cm³/mol. The summed E-state index contributed by atoms with van der Waals surface area (Å²) in [7, 11) is 3.45. The summed E-state index contributed by atoms with van der Waals surface area (Å²) in [5, 5.41) is 9.22. The third kappa shape index (κ3) is 4.24. The zero-order chi connectivity index (χ0) is 27.5. The first-order valence-electron chi connectivity index (χ1n) is 12.8. The Balaban J connectivity index is 1.46. The highest BCUT2D eigenvalue weighted by molar-refractivity contribution is 5.84. The van der Waals surface area contributed by atoms with E-state index >= 15 is 4.39 Å². The SMILES string of the molecule is CC(c1nc2c(cc1F)OCC(C)(C)O2)N1C[C@H](C)N(c2nc(=O)n(C)c3c2nc(CC#N)n3C)C[C@H]1C. The first-order chi connectivity index (χ1) is 17.9. The van der Waals surface area contributed by atoms with Crippen LogP contribution < -0.4 is 20.1 Å². The number of rotatable bonds is 4. The highest BCUT2D eigenvalue weighted by Crippen LogP contribution is 2.38. The molecule has 2 aliphatic heterocycles. The van der Waals surface area contributed by atoms with Gasteiger partial charge < -0.3 is 18.9 Å². The highest BCUT2D eigenvalue weighted by Gasteiger charge is 2.37. The summed E-state index contributed by atoms with van der Waals surface area (Å²) in [6.45, 7) is 11.3. The van der Waals surface area contributed by atoms with Crippen molar-refractivity contribution in [3.05, 3.63) is 33.9 Å². The maximum absolute atomic E-state index is 15.2. The van der Waals surface area contributed by atoms with Crippen LogP contribution in [0.15, 0.2) is 10.9 Å². The van der Waals surface area contributed by atoms with Crippen molar-refractivity contribution in [1.29, 1.82) is 5.26 Å². The van der Waals surface area contributed by atoms with Crippen molar-refractivity contribution < 1.29 is 13.9 Å². The van der Waals surface area contributed by atoms with Crippen LogP contribution in [0, 0.1) is 17.1 Å². The van der Waals surface area contributed by atoms with Gasteiger partial charge in [-0.15, -0.1) is 0 Å². The van der Waals surface area contributed by atoms with Crippen LogP contribution >= 0.6 is 0 Å². The normalized spacial score (nSPS) is 21.9. The van der Waals surface area contributed by atoms with E-state index in [2.05, 4.69) is 37.7 Å². The Morgan fingerprint density at radius 3 is 2.63 bits per heavy atom. The van der Waals surface area contributed by atoms with E-state index < -0.39 is 11.4 Å². The Hall–Kier alpha value is -3.72. The number of hydrogen-bond donors (Lipinski definition) is 0. The fourth-order valence-electron chi connectivity index (χ4n) is 5.43. The topological polar surface area (TPSA) is 114 Å². The lowest BCUT2D eigenvalue weighted by Gasteiger charge is -2.47. The van der Waals surface area contributed by atoms with Crippen LogP contribution in [-0.2, 0) is 20.5 Å². The number of imidazole rings is 1. The largest absolute Gasteiger partial charge is 0.484 e. The number of fused-ring (bicyclic) bond motifs is 2. The molecule has 0 radical (unpaired) electrons. The highest BCUT2D eigenvalue weighted by atomic mass is 19.1. The molecule has 0 spiro atoms. The predicted octanol–water partition coefficient (Wildman–Crippen LogP) is 2.48. The lowest BCUT2D eigenvalue weighted by atomic mass is 10.0. The average Bonchev–Trinajstić information content (AvgIpc) is 3.18. The Morgan fingerprint density at radius 2 is 1.92 bits per heavy atom. The van der Waals surface area contributed by atoms with Crippen molar-refractivity contribution in [3.63, 3.8) is 0 Å². The summed E-state index contributed by atoms with van der Waals surface area (Å²) in [4.78, 5) is 30.7. The zero-order valence-electron chi connectivity index (χ0n) is 22.8. The quantitative estimate of drug-likeness (QED) is 0.508. The average molecular weight is 525 g/mol. The molecule has 0 saturated carbocycles. The van der Waals surface area contributed by atoms with Crippen LogP contribution in [0.4, 0.5) is 10.2 Å². The summed E-state index contributed by atoms with van der Waals surface area (Å²) in [6.07, 6.45) is 0.126. The van der Waals surface area contributed by atoms with E-state index in [1.54, 1.807) is 18.7 Å². The van der Waals surface area contributed by atoms with Crippen LogP contribution in [0.3, 0.4) is 0 Å². The number of anilines is 1. The lowest BCUT2D eigenvalue weighted by molar-refractivity contribution is 0.0146. The summed E-state index contributed by atoms with van der Waals surface area (Å²) in [5.41, 5.74) is 0.571. The second kappa shape index (κ2) is 9.23. The van der Waals surface area contributed by atoms with E-state index in [9.17, 15) is 10.1 Å². The fraction of sp³-hybridized carbons (Fsp3) is 0.577. The number of ether oxygens (including phenoxy) is 2. The number of nitrogens with zero attached hydrogens (tertiary/aromatic N) is 8. The molecule has 3 atom stereocenters. The Labute approximate surface area is 220 Å². The molecule has 0 aliphatic carbocycles. The van der Waals surface area contributed by atoms with E-state index in [4.69, 9.17) is 9.47 Å². The van der Waals surface area contributed by atoms with Crippen LogP contribution in [0.25, 0.3) is 11.2 Å². The number of nitriles is 1. The van der Waals surface area contributed by atoms with Crippen molar-refractivity contribution in [2.45, 2.75) is 64.8 Å². The van der Waals surface area contributed by atoms with Gasteiger partial charge in [0, 0.05) is 45.3 Å². The van der Waals surface area contributed by atoms with Crippen LogP contribution in [-0.4, -0.2) is 66.4 Å². The second-order valence-corrected chi connectivity index (χ2v) is 10.9. The van der Waals surface area contributed by atoms with Gasteiger partial charge in [-0.2, -0.15) is 10.2 Å². The molecule has 3 aromatic heterocycles. The Bertz CT molecular complexity index is 1510. The standard InChI is InChI=1S/C26H33FN8O3/c1-14-12-35(22-21-24(33(7)25(36)31-22)32(6)19(29-21)8-9-28)15(2)11-34(14)16(3)20-17(27)10-18-23(30-20)38-26(4,5)13-37-18/h10,14-16H,8,11-13H2,1-7H3/t14-,15+,16?/m1/s1. The van der Waals surface area contributed by atoms with Crippen molar-refractivity contribution >= 4 is 17.0 Å². The lowest BCUT2D eigenvalue weighted by Crippen LogP contribution is -2.57. The molecule has 1 fully saturated rings. The molecule has 0 N–H and O–H groups in total. The molecule has 11 nitrogen and oxygen atoms in total. The van der Waals surface area contributed by atoms with Gasteiger partial charge in [-0.25, -0.2) is 19.2 Å². The van der Waals surface area contributed by atoms with E-state index in [0.29, 0.717) is 59.8 Å². The first kappa shape index (κ1) is 25.9. The Kier molecular flexibility index (Phi) is 6.30. The molecular formula is C26H33FN8O3. The molecule has 5 heterocycles. The third-order valence-electron chi connectivity index (χ3n) is 7.50. The minimum Gasteiger partial charge on any atom is -0.484 e. The second-order valence-electron chi connectivity index (χ2n) is 10.9. The molecule has 12 heteroatoms. The van der Waals surface area contributed by atoms with Crippen LogP contribution in [0.1, 0.15) is 52.2 Å². The number of pyridine rings is 1. The number of hydrogen-bond acceptors (Lipinski definition) is 9. The van der Waals surface area contributed by atoms with Crippen molar-refractivity contribution in [2.75, 3.05) is 24.6 Å². The maximum atomic E-state index is 15.2. The molecule has 0 amide bonds. The zero-order valence-corrected chi connectivity index (χ0v) is 22.8. The molecular weight excluding hydrogens is 491 g/mol. The van der Waals surface area contributed by atoms with Crippen molar-refractivity contribution in [1.82, 2.24) is 29.0 Å². The molecule has 0 bridgehead atoms. The maximum Gasteiger partial charge on any atom is 0.350 e. The molecule has 5 rings (SSSR count).